The van der Waals surface area contributed by atoms with Gasteiger partial charge < -0.3 is 9.47 Å². The Morgan fingerprint density at radius 2 is 2.00 bits per heavy atom. The molecule has 0 aromatic heterocycles. The number of unbranched alkanes of at least 4 members (excludes halogenated alkanes) is 1. The van der Waals surface area contributed by atoms with Crippen LogP contribution in [0.3, 0.4) is 0 Å². The smallest absolute Gasteiger partial charge is 0.363 e. The van der Waals surface area contributed by atoms with Crippen molar-refractivity contribution in [2.24, 2.45) is 4.99 Å². The van der Waals surface area contributed by atoms with Crippen LogP contribution in [0.4, 0.5) is 0 Å². The fourth-order valence-electron chi connectivity index (χ4n) is 1.79. The number of ether oxygens (including phenoxy) is 2. The highest BCUT2D eigenvalue weighted by Crippen LogP contribution is 2.30. The summed E-state index contributed by atoms with van der Waals surface area (Å²) in [7, 11) is 0. The van der Waals surface area contributed by atoms with E-state index in [1.807, 2.05) is 12.1 Å². The van der Waals surface area contributed by atoms with Crippen molar-refractivity contribution in [1.29, 1.82) is 0 Å². The monoisotopic (exact) mass is 511 g/mol. The van der Waals surface area contributed by atoms with Gasteiger partial charge in [-0.3, -0.25) is 0 Å². The Balaban J connectivity index is 2.24. The highest BCUT2D eigenvalue weighted by molar-refractivity contribution is 14.1. The van der Waals surface area contributed by atoms with Crippen LogP contribution >= 0.6 is 45.2 Å². The fraction of sp³-hybridized carbons (Fsp3) is 0.333. The summed E-state index contributed by atoms with van der Waals surface area (Å²) in [5.74, 6) is 0.886. The largest absolute Gasteiger partial charge is 0.491 e. The molecule has 0 aliphatic carbocycles. The maximum absolute atomic E-state index is 11.6. The van der Waals surface area contributed by atoms with Crippen LogP contribution in [-0.2, 0) is 9.53 Å². The number of cyclic esters (lactones) is 1. The molecule has 0 N–H and O–H groups in total. The molecule has 1 heterocycles. The van der Waals surface area contributed by atoms with E-state index in [1.165, 1.54) is 0 Å². The molecule has 0 atom stereocenters. The van der Waals surface area contributed by atoms with Gasteiger partial charge in [0.05, 0.1) is 13.7 Å². The maximum Gasteiger partial charge on any atom is 0.363 e. The molecule has 1 aliphatic rings. The van der Waals surface area contributed by atoms with Gasteiger partial charge in [-0.25, -0.2) is 9.79 Å². The van der Waals surface area contributed by atoms with Crippen molar-refractivity contribution in [3.63, 3.8) is 0 Å². The molecule has 0 amide bonds. The summed E-state index contributed by atoms with van der Waals surface area (Å²) in [5, 5.41) is 0. The molecule has 1 aromatic rings. The Kier molecular flexibility index (Phi) is 6.03. The number of rotatable bonds is 5. The zero-order valence-electron chi connectivity index (χ0n) is 11.8. The van der Waals surface area contributed by atoms with Crippen LogP contribution in [0.1, 0.15) is 32.3 Å². The van der Waals surface area contributed by atoms with Gasteiger partial charge in [0.1, 0.15) is 5.75 Å². The van der Waals surface area contributed by atoms with Crippen LogP contribution in [0.5, 0.6) is 5.75 Å². The van der Waals surface area contributed by atoms with E-state index in [4.69, 9.17) is 9.47 Å². The van der Waals surface area contributed by atoms with Gasteiger partial charge in [0, 0.05) is 6.92 Å². The molecule has 112 valence electrons. The van der Waals surface area contributed by atoms with Gasteiger partial charge in [0.2, 0.25) is 0 Å². The van der Waals surface area contributed by atoms with Crippen LogP contribution < -0.4 is 4.74 Å². The first-order valence-electron chi connectivity index (χ1n) is 6.62. The first kappa shape index (κ1) is 16.7. The molecular weight excluding hydrogens is 496 g/mol. The Bertz CT molecular complexity index is 600. The van der Waals surface area contributed by atoms with Crippen LogP contribution in [-0.4, -0.2) is 18.5 Å². The van der Waals surface area contributed by atoms with Crippen molar-refractivity contribution in [2.45, 2.75) is 26.7 Å². The molecule has 0 unspecified atom stereocenters. The van der Waals surface area contributed by atoms with E-state index in [0.29, 0.717) is 11.6 Å². The molecule has 0 fully saturated rings. The van der Waals surface area contributed by atoms with E-state index in [-0.39, 0.29) is 0 Å². The number of halogens is 2. The minimum absolute atomic E-state index is 0.332. The van der Waals surface area contributed by atoms with Gasteiger partial charge in [-0.05, 0) is 75.4 Å². The van der Waals surface area contributed by atoms with Crippen LogP contribution in [0.2, 0.25) is 0 Å². The quantitative estimate of drug-likeness (QED) is 0.255. The van der Waals surface area contributed by atoms with Gasteiger partial charge in [0.15, 0.2) is 11.6 Å². The molecule has 4 nitrogen and oxygen atoms in total. The van der Waals surface area contributed by atoms with Crippen LogP contribution in [0.25, 0.3) is 6.08 Å². The highest BCUT2D eigenvalue weighted by atomic mass is 127. The Morgan fingerprint density at radius 1 is 1.33 bits per heavy atom. The second-order valence-electron chi connectivity index (χ2n) is 4.57. The third kappa shape index (κ3) is 4.41. The lowest BCUT2D eigenvalue weighted by Crippen LogP contribution is -2.01. The summed E-state index contributed by atoms with van der Waals surface area (Å²) in [6.45, 7) is 4.52. The zero-order chi connectivity index (χ0) is 15.4. The summed E-state index contributed by atoms with van der Waals surface area (Å²) < 4.78 is 12.8. The number of esters is 1. The lowest BCUT2D eigenvalue weighted by Gasteiger charge is -2.11. The van der Waals surface area contributed by atoms with E-state index in [9.17, 15) is 4.79 Å². The number of benzene rings is 1. The van der Waals surface area contributed by atoms with Crippen molar-refractivity contribution in [2.75, 3.05) is 6.61 Å². The number of carbonyl (C=O) groups excluding carboxylic acids is 1. The normalized spacial score (nSPS) is 16.1. The molecule has 2 rings (SSSR count). The number of hydrogen-bond acceptors (Lipinski definition) is 4. The summed E-state index contributed by atoms with van der Waals surface area (Å²) in [6.07, 6.45) is 3.88. The molecule has 0 bridgehead atoms. The SMILES string of the molecule is CCCCOc1c(I)cc(/C=C2\N=C(C)OC2=O)cc1I. The number of hydrogen-bond donors (Lipinski definition) is 0. The number of carbonyl (C=O) groups is 1. The molecular formula is C15H15I2NO3. The van der Waals surface area contributed by atoms with Crippen LogP contribution in [0.15, 0.2) is 22.8 Å². The topological polar surface area (TPSA) is 47.9 Å². The maximum atomic E-state index is 11.6. The second kappa shape index (κ2) is 7.57. The first-order valence-corrected chi connectivity index (χ1v) is 8.78. The Morgan fingerprint density at radius 3 is 2.52 bits per heavy atom. The molecule has 0 radical (unpaired) electrons. The molecule has 1 aromatic carbocycles. The summed E-state index contributed by atoms with van der Waals surface area (Å²) in [5.41, 5.74) is 1.25. The van der Waals surface area contributed by atoms with Crippen molar-refractivity contribution < 1.29 is 14.3 Å². The van der Waals surface area contributed by atoms with Gasteiger partial charge in [0.25, 0.3) is 0 Å². The lowest BCUT2D eigenvalue weighted by molar-refractivity contribution is -0.130. The summed E-state index contributed by atoms with van der Waals surface area (Å²) in [4.78, 5) is 15.6. The average Bonchev–Trinajstić information content (AvgIpc) is 2.71. The van der Waals surface area contributed by atoms with E-state index in [2.05, 4.69) is 57.1 Å². The minimum Gasteiger partial charge on any atom is -0.491 e. The Labute approximate surface area is 151 Å². The highest BCUT2D eigenvalue weighted by Gasteiger charge is 2.20. The predicted molar refractivity (Wildman–Crippen MR) is 99.5 cm³/mol. The van der Waals surface area contributed by atoms with Gasteiger partial charge in [-0.15, -0.1) is 0 Å². The van der Waals surface area contributed by atoms with Crippen molar-refractivity contribution >= 4 is 63.1 Å². The lowest BCUT2D eigenvalue weighted by atomic mass is 10.2. The van der Waals surface area contributed by atoms with Crippen molar-refractivity contribution in [3.8, 4) is 5.75 Å². The van der Waals surface area contributed by atoms with E-state index < -0.39 is 5.97 Å². The minimum atomic E-state index is -0.402. The molecule has 1 aliphatic heterocycles. The van der Waals surface area contributed by atoms with Gasteiger partial charge in [-0.1, -0.05) is 13.3 Å². The first-order chi connectivity index (χ1) is 10.0. The van der Waals surface area contributed by atoms with Gasteiger partial charge >= 0.3 is 5.97 Å². The molecule has 0 saturated carbocycles. The Hall–Kier alpha value is -0.640. The van der Waals surface area contributed by atoms with Crippen molar-refractivity contribution in [3.05, 3.63) is 30.5 Å². The van der Waals surface area contributed by atoms with E-state index >= 15 is 0 Å². The number of aliphatic imine (C=N–C) groups is 1. The van der Waals surface area contributed by atoms with Gasteiger partial charge in [-0.2, -0.15) is 0 Å². The zero-order valence-corrected chi connectivity index (χ0v) is 16.1. The predicted octanol–water partition coefficient (Wildman–Crippen LogP) is 4.39. The van der Waals surface area contributed by atoms with Crippen molar-refractivity contribution in [1.82, 2.24) is 0 Å². The average molecular weight is 511 g/mol. The molecule has 0 saturated heterocycles. The number of nitrogens with zero attached hydrogens (tertiary/aromatic N) is 1. The molecule has 0 spiro atoms. The van der Waals surface area contributed by atoms with E-state index in [0.717, 1.165) is 37.9 Å². The van der Waals surface area contributed by atoms with Crippen LogP contribution in [0, 0.1) is 7.14 Å². The third-order valence-corrected chi connectivity index (χ3v) is 4.40. The second-order valence-corrected chi connectivity index (χ2v) is 6.89. The molecule has 21 heavy (non-hydrogen) atoms. The molecule has 6 heteroatoms. The third-order valence-electron chi connectivity index (χ3n) is 2.80. The van der Waals surface area contributed by atoms with E-state index in [1.54, 1.807) is 13.0 Å². The fourth-order valence-corrected chi connectivity index (χ4v) is 3.92. The standard InChI is InChI=1S/C15H15I2NO3/c1-3-4-5-20-14-11(16)6-10(7-12(14)17)8-13-15(19)21-9(2)18-13/h6-8H,3-5H2,1-2H3/b13-8-. The summed E-state index contributed by atoms with van der Waals surface area (Å²) in [6, 6.07) is 3.96. The summed E-state index contributed by atoms with van der Waals surface area (Å²) >= 11 is 4.50.